The summed E-state index contributed by atoms with van der Waals surface area (Å²) in [5.41, 5.74) is 11.1. The normalized spacial score (nSPS) is 14.6. The minimum absolute atomic E-state index is 0.728. The molecule has 18 heavy (non-hydrogen) atoms. The van der Waals surface area contributed by atoms with Crippen molar-refractivity contribution in [2.45, 2.75) is 26.3 Å². The van der Waals surface area contributed by atoms with E-state index >= 15 is 0 Å². The van der Waals surface area contributed by atoms with Gasteiger partial charge < -0.3 is 10.6 Å². The molecule has 1 aliphatic rings. The Bertz CT molecular complexity index is 564. The van der Waals surface area contributed by atoms with Gasteiger partial charge in [-0.1, -0.05) is 16.4 Å². The molecule has 0 bridgehead atoms. The van der Waals surface area contributed by atoms with Crippen molar-refractivity contribution in [3.8, 4) is 0 Å². The zero-order chi connectivity index (χ0) is 12.5. The zero-order valence-electron chi connectivity index (χ0n) is 10.4. The quantitative estimate of drug-likeness (QED) is 0.817. The summed E-state index contributed by atoms with van der Waals surface area (Å²) in [6, 6.07) is 6.08. The van der Waals surface area contributed by atoms with Crippen LogP contribution in [0, 0.1) is 6.92 Å². The van der Waals surface area contributed by atoms with E-state index in [2.05, 4.69) is 21.3 Å². The van der Waals surface area contributed by atoms with Crippen molar-refractivity contribution >= 4 is 11.4 Å². The molecule has 0 atom stereocenters. The maximum atomic E-state index is 6.03. The van der Waals surface area contributed by atoms with Gasteiger partial charge in [0.25, 0.3) is 0 Å². The molecule has 2 N–H and O–H groups in total. The Balaban J connectivity index is 1.92. The van der Waals surface area contributed by atoms with Gasteiger partial charge in [-0.3, -0.25) is 0 Å². The van der Waals surface area contributed by atoms with Gasteiger partial charge in [0.2, 0.25) is 0 Å². The van der Waals surface area contributed by atoms with E-state index in [0.29, 0.717) is 0 Å². The molecule has 1 aliphatic heterocycles. The fourth-order valence-corrected chi connectivity index (χ4v) is 2.47. The molecule has 0 saturated heterocycles. The minimum Gasteiger partial charge on any atom is -0.398 e. The van der Waals surface area contributed by atoms with Crippen LogP contribution in [-0.4, -0.2) is 16.9 Å². The molecular formula is C13H16N4O. The molecule has 2 aromatic rings. The molecule has 2 heterocycles. The Morgan fingerprint density at radius 2 is 2.28 bits per heavy atom. The molecule has 0 saturated carbocycles. The number of hydrogen-bond donors (Lipinski definition) is 1. The van der Waals surface area contributed by atoms with Gasteiger partial charge in [-0.05, 0) is 37.5 Å². The number of aryl methyl sites for hydroxylation is 1. The van der Waals surface area contributed by atoms with Crippen LogP contribution in [0.4, 0.5) is 11.4 Å². The minimum atomic E-state index is 0.728. The van der Waals surface area contributed by atoms with Crippen molar-refractivity contribution in [2.75, 3.05) is 17.2 Å². The standard InChI is InChI=1S/C13H16N4O/c1-9-12(16-18-15-9)8-17-7-3-4-10-11(14)5-2-6-13(10)17/h2,5-6H,3-4,7-8,14H2,1H3. The number of nitrogen functional groups attached to an aromatic ring is 1. The lowest BCUT2D eigenvalue weighted by molar-refractivity contribution is 0.301. The highest BCUT2D eigenvalue weighted by Gasteiger charge is 2.20. The average molecular weight is 244 g/mol. The lowest BCUT2D eigenvalue weighted by atomic mass is 9.99. The Hall–Kier alpha value is -2.04. The highest BCUT2D eigenvalue weighted by molar-refractivity contribution is 5.66. The second-order valence-electron chi connectivity index (χ2n) is 4.67. The molecule has 3 rings (SSSR count). The summed E-state index contributed by atoms with van der Waals surface area (Å²) >= 11 is 0. The summed E-state index contributed by atoms with van der Waals surface area (Å²) in [4.78, 5) is 2.29. The Kier molecular flexibility index (Phi) is 2.66. The van der Waals surface area contributed by atoms with Crippen molar-refractivity contribution in [2.24, 2.45) is 0 Å². The maximum Gasteiger partial charge on any atom is 0.127 e. The van der Waals surface area contributed by atoms with Gasteiger partial charge in [0.05, 0.1) is 6.54 Å². The molecule has 0 spiro atoms. The van der Waals surface area contributed by atoms with Crippen LogP contribution in [-0.2, 0) is 13.0 Å². The first-order chi connectivity index (χ1) is 8.75. The Morgan fingerprint density at radius 3 is 3.06 bits per heavy atom. The third kappa shape index (κ3) is 1.81. The van der Waals surface area contributed by atoms with Gasteiger partial charge in [-0.15, -0.1) is 0 Å². The van der Waals surface area contributed by atoms with E-state index in [0.717, 1.165) is 43.0 Å². The van der Waals surface area contributed by atoms with Crippen LogP contribution in [0.3, 0.4) is 0 Å². The van der Waals surface area contributed by atoms with Gasteiger partial charge in [-0.25, -0.2) is 4.63 Å². The third-order valence-electron chi connectivity index (χ3n) is 3.47. The van der Waals surface area contributed by atoms with Crippen LogP contribution < -0.4 is 10.6 Å². The van der Waals surface area contributed by atoms with Crippen molar-refractivity contribution in [3.63, 3.8) is 0 Å². The topological polar surface area (TPSA) is 68.2 Å². The van der Waals surface area contributed by atoms with Gasteiger partial charge in [0, 0.05) is 17.9 Å². The molecule has 0 aliphatic carbocycles. The molecule has 0 unspecified atom stereocenters. The highest BCUT2D eigenvalue weighted by atomic mass is 16.6. The molecule has 94 valence electrons. The molecule has 0 amide bonds. The van der Waals surface area contributed by atoms with Crippen molar-refractivity contribution in [1.29, 1.82) is 0 Å². The van der Waals surface area contributed by atoms with Crippen LogP contribution >= 0.6 is 0 Å². The van der Waals surface area contributed by atoms with E-state index in [-0.39, 0.29) is 0 Å². The second-order valence-corrected chi connectivity index (χ2v) is 4.67. The van der Waals surface area contributed by atoms with Crippen LogP contribution in [0.25, 0.3) is 0 Å². The SMILES string of the molecule is Cc1nonc1CN1CCCc2c(N)cccc21. The number of nitrogens with two attached hydrogens (primary N) is 1. The summed E-state index contributed by atoms with van der Waals surface area (Å²) < 4.78 is 4.75. The van der Waals surface area contributed by atoms with Crippen molar-refractivity contribution < 1.29 is 4.63 Å². The summed E-state index contributed by atoms with van der Waals surface area (Å²) in [6.07, 6.45) is 2.17. The van der Waals surface area contributed by atoms with Crippen molar-refractivity contribution in [3.05, 3.63) is 35.2 Å². The fraction of sp³-hybridized carbons (Fsp3) is 0.385. The predicted molar refractivity (Wildman–Crippen MR) is 69.3 cm³/mol. The number of aromatic nitrogens is 2. The monoisotopic (exact) mass is 244 g/mol. The van der Waals surface area contributed by atoms with Crippen LogP contribution in [0.15, 0.2) is 22.8 Å². The van der Waals surface area contributed by atoms with E-state index in [1.165, 1.54) is 11.3 Å². The first-order valence-corrected chi connectivity index (χ1v) is 6.16. The second kappa shape index (κ2) is 4.33. The highest BCUT2D eigenvalue weighted by Crippen LogP contribution is 2.32. The van der Waals surface area contributed by atoms with Crippen LogP contribution in [0.1, 0.15) is 23.4 Å². The summed E-state index contributed by atoms with van der Waals surface area (Å²) in [6.45, 7) is 3.66. The van der Waals surface area contributed by atoms with E-state index in [4.69, 9.17) is 10.4 Å². The maximum absolute atomic E-state index is 6.03. The number of rotatable bonds is 2. The fourth-order valence-electron chi connectivity index (χ4n) is 2.47. The zero-order valence-corrected chi connectivity index (χ0v) is 10.4. The van der Waals surface area contributed by atoms with Gasteiger partial charge in [0.1, 0.15) is 11.4 Å². The molecule has 0 radical (unpaired) electrons. The molecule has 1 aromatic heterocycles. The van der Waals surface area contributed by atoms with E-state index in [1.54, 1.807) is 0 Å². The molecule has 0 fully saturated rings. The van der Waals surface area contributed by atoms with E-state index in [9.17, 15) is 0 Å². The number of hydrogen-bond acceptors (Lipinski definition) is 5. The summed E-state index contributed by atoms with van der Waals surface area (Å²) in [7, 11) is 0. The van der Waals surface area contributed by atoms with Crippen molar-refractivity contribution in [1.82, 2.24) is 10.3 Å². The van der Waals surface area contributed by atoms with Crippen LogP contribution in [0.5, 0.6) is 0 Å². The number of benzene rings is 1. The smallest absolute Gasteiger partial charge is 0.127 e. The van der Waals surface area contributed by atoms with Gasteiger partial charge >= 0.3 is 0 Å². The molecule has 5 nitrogen and oxygen atoms in total. The van der Waals surface area contributed by atoms with E-state index in [1.807, 2.05) is 19.1 Å². The lowest BCUT2D eigenvalue weighted by Crippen LogP contribution is -2.29. The number of fused-ring (bicyclic) bond motifs is 1. The average Bonchev–Trinajstić information content (AvgIpc) is 2.77. The third-order valence-corrected chi connectivity index (χ3v) is 3.47. The van der Waals surface area contributed by atoms with Gasteiger partial charge in [-0.2, -0.15) is 0 Å². The largest absolute Gasteiger partial charge is 0.398 e. The first kappa shape index (κ1) is 11.1. The number of anilines is 2. The first-order valence-electron chi connectivity index (χ1n) is 6.16. The number of nitrogens with zero attached hydrogens (tertiary/aromatic N) is 3. The van der Waals surface area contributed by atoms with Crippen LogP contribution in [0.2, 0.25) is 0 Å². The lowest BCUT2D eigenvalue weighted by Gasteiger charge is -2.31. The predicted octanol–water partition coefficient (Wildman–Crippen LogP) is 1.91. The summed E-state index contributed by atoms with van der Waals surface area (Å²) in [5.74, 6) is 0. The molecule has 1 aromatic carbocycles. The van der Waals surface area contributed by atoms with E-state index < -0.39 is 0 Å². The molecular weight excluding hydrogens is 228 g/mol. The Labute approximate surface area is 106 Å². The van der Waals surface area contributed by atoms with Gasteiger partial charge in [0.15, 0.2) is 0 Å². The summed E-state index contributed by atoms with van der Waals surface area (Å²) in [5, 5.41) is 7.76. The Morgan fingerprint density at radius 1 is 1.39 bits per heavy atom. The molecule has 5 heteroatoms.